The third kappa shape index (κ3) is 3.94. The first-order valence-corrected chi connectivity index (χ1v) is 8.90. The zero-order valence-electron chi connectivity index (χ0n) is 14.9. The Hall–Kier alpha value is -2.52. The third-order valence-corrected chi connectivity index (χ3v) is 4.65. The van der Waals surface area contributed by atoms with Gasteiger partial charge in [0, 0.05) is 26.2 Å². The van der Waals surface area contributed by atoms with Gasteiger partial charge in [-0.3, -0.25) is 4.90 Å². The van der Waals surface area contributed by atoms with Crippen LogP contribution in [0.3, 0.4) is 0 Å². The van der Waals surface area contributed by atoms with E-state index in [1.165, 1.54) is 5.56 Å². The van der Waals surface area contributed by atoms with Crippen LogP contribution in [0.1, 0.15) is 30.8 Å². The molecule has 6 heteroatoms. The van der Waals surface area contributed by atoms with E-state index in [9.17, 15) is 5.26 Å². The summed E-state index contributed by atoms with van der Waals surface area (Å²) in [5.74, 6) is 0.647. The van der Waals surface area contributed by atoms with E-state index < -0.39 is 0 Å². The van der Waals surface area contributed by atoms with Crippen LogP contribution in [0, 0.1) is 11.3 Å². The smallest absolute Gasteiger partial charge is 0.245 e. The van der Waals surface area contributed by atoms with Crippen molar-refractivity contribution in [1.82, 2.24) is 20.1 Å². The van der Waals surface area contributed by atoms with E-state index in [0.717, 1.165) is 43.9 Å². The second-order valence-corrected chi connectivity index (χ2v) is 6.26. The second kappa shape index (κ2) is 8.04. The summed E-state index contributed by atoms with van der Waals surface area (Å²) >= 11 is 0. The summed E-state index contributed by atoms with van der Waals surface area (Å²) in [6.45, 7) is 7.18. The van der Waals surface area contributed by atoms with Gasteiger partial charge in [0.05, 0.1) is 17.5 Å². The molecule has 1 fully saturated rings. The number of nitriles is 1. The van der Waals surface area contributed by atoms with Crippen LogP contribution in [-0.2, 0) is 19.4 Å². The summed E-state index contributed by atoms with van der Waals surface area (Å²) in [6.07, 6.45) is 1.69. The highest BCUT2D eigenvalue weighted by Crippen LogP contribution is 2.18. The molecule has 1 saturated heterocycles. The molecule has 1 aliphatic heterocycles. The van der Waals surface area contributed by atoms with Crippen LogP contribution < -0.4 is 4.90 Å². The average molecular weight is 336 g/mol. The molecule has 0 spiro atoms. The fourth-order valence-corrected chi connectivity index (χ4v) is 3.19. The van der Waals surface area contributed by atoms with Gasteiger partial charge in [0.25, 0.3) is 0 Å². The predicted molar refractivity (Wildman–Crippen MR) is 97.0 cm³/mol. The van der Waals surface area contributed by atoms with Gasteiger partial charge in [0.15, 0.2) is 0 Å². The molecule has 1 aromatic heterocycles. The van der Waals surface area contributed by atoms with Crippen molar-refractivity contribution in [3.8, 4) is 6.07 Å². The van der Waals surface area contributed by atoms with Crippen LogP contribution in [-0.4, -0.2) is 45.8 Å². The van der Waals surface area contributed by atoms with Crippen molar-refractivity contribution in [2.75, 3.05) is 24.5 Å². The van der Waals surface area contributed by atoms with Gasteiger partial charge in [-0.05, 0) is 18.4 Å². The molecule has 1 atom stereocenters. The molecule has 0 aliphatic carbocycles. The molecule has 1 aliphatic rings. The Bertz CT molecular complexity index is 739. The van der Waals surface area contributed by atoms with Gasteiger partial charge >= 0.3 is 0 Å². The number of anilines is 1. The van der Waals surface area contributed by atoms with Gasteiger partial charge < -0.3 is 4.90 Å². The minimum absolute atomic E-state index is 0.173. The van der Waals surface area contributed by atoms with Crippen molar-refractivity contribution >= 4 is 5.95 Å². The Balaban J connectivity index is 1.72. The molecule has 2 heterocycles. The molecule has 6 nitrogen and oxygen atoms in total. The Morgan fingerprint density at radius 2 is 1.84 bits per heavy atom. The normalized spacial score (nSPS) is 18.1. The van der Waals surface area contributed by atoms with Crippen LogP contribution in [0.15, 0.2) is 30.3 Å². The Kier molecular flexibility index (Phi) is 5.56. The molecule has 3 rings (SSSR count). The zero-order valence-corrected chi connectivity index (χ0v) is 14.9. The van der Waals surface area contributed by atoms with Gasteiger partial charge in [-0.15, -0.1) is 5.10 Å². The molecule has 130 valence electrons. The molecule has 0 N–H and O–H groups in total. The van der Waals surface area contributed by atoms with Gasteiger partial charge in [0.2, 0.25) is 5.95 Å². The maximum Gasteiger partial charge on any atom is 0.245 e. The summed E-state index contributed by atoms with van der Waals surface area (Å²) in [7, 11) is 0. The largest absolute Gasteiger partial charge is 0.336 e. The lowest BCUT2D eigenvalue weighted by molar-refractivity contribution is 0.204. The molecule has 0 amide bonds. The minimum atomic E-state index is -0.173. The lowest BCUT2D eigenvalue weighted by Gasteiger charge is -2.38. The van der Waals surface area contributed by atoms with Crippen LogP contribution in [0.5, 0.6) is 0 Å². The summed E-state index contributed by atoms with van der Waals surface area (Å²) in [5, 5.41) is 18.2. The van der Waals surface area contributed by atoms with Gasteiger partial charge in [-0.1, -0.05) is 44.2 Å². The zero-order chi connectivity index (χ0) is 17.6. The molecular formula is C19H24N6. The molecule has 0 radical (unpaired) electrons. The number of hydrogen-bond donors (Lipinski definition) is 0. The summed E-state index contributed by atoms with van der Waals surface area (Å²) < 4.78 is 0. The molecular weight excluding hydrogens is 312 g/mol. The van der Waals surface area contributed by atoms with Crippen LogP contribution >= 0.6 is 0 Å². The van der Waals surface area contributed by atoms with Crippen molar-refractivity contribution in [2.24, 2.45) is 0 Å². The minimum Gasteiger partial charge on any atom is -0.336 e. The maximum atomic E-state index is 9.61. The number of aromatic nitrogens is 3. The first-order chi connectivity index (χ1) is 12.2. The molecule has 0 bridgehead atoms. The first-order valence-electron chi connectivity index (χ1n) is 8.90. The monoisotopic (exact) mass is 336 g/mol. The maximum absolute atomic E-state index is 9.61. The van der Waals surface area contributed by atoms with Crippen molar-refractivity contribution in [1.29, 1.82) is 5.26 Å². The van der Waals surface area contributed by atoms with Crippen LogP contribution in [0.4, 0.5) is 5.95 Å². The standard InChI is InChI=1S/C19H24N6/c1-3-17-18(4-2)22-23-19(21-17)25-11-10-24(16(12-20)14-25)13-15-8-6-5-7-9-15/h5-9,16H,3-4,10-11,13-14H2,1-2H3. The molecule has 1 aromatic carbocycles. The van der Waals surface area contributed by atoms with Crippen molar-refractivity contribution in [3.05, 3.63) is 47.3 Å². The highest BCUT2D eigenvalue weighted by molar-refractivity contribution is 5.33. The summed E-state index contributed by atoms with van der Waals surface area (Å²) in [5.41, 5.74) is 3.20. The predicted octanol–water partition coefficient (Wildman–Crippen LogP) is 2.21. The topological polar surface area (TPSA) is 68.9 Å². The SMILES string of the molecule is CCc1nnc(N2CCN(Cc3ccccc3)C(C#N)C2)nc1CC. The fraction of sp³-hybridized carbons (Fsp3) is 0.474. The van der Waals surface area contributed by atoms with Crippen molar-refractivity contribution in [3.63, 3.8) is 0 Å². The number of piperazine rings is 1. The van der Waals surface area contributed by atoms with Gasteiger partial charge in [-0.2, -0.15) is 10.4 Å². The molecule has 2 aromatic rings. The van der Waals surface area contributed by atoms with E-state index in [4.69, 9.17) is 0 Å². The van der Waals surface area contributed by atoms with Crippen LogP contribution in [0.2, 0.25) is 0 Å². The number of benzene rings is 1. The van der Waals surface area contributed by atoms with Gasteiger partial charge in [0.1, 0.15) is 6.04 Å². The number of nitrogens with zero attached hydrogens (tertiary/aromatic N) is 6. The summed E-state index contributed by atoms with van der Waals surface area (Å²) in [6, 6.07) is 12.5. The van der Waals surface area contributed by atoms with Crippen LogP contribution in [0.25, 0.3) is 0 Å². The number of aryl methyl sites for hydroxylation is 2. The van der Waals surface area contributed by atoms with E-state index in [1.807, 2.05) is 18.2 Å². The average Bonchev–Trinajstić information content (AvgIpc) is 2.68. The third-order valence-electron chi connectivity index (χ3n) is 4.65. The second-order valence-electron chi connectivity index (χ2n) is 6.26. The van der Waals surface area contributed by atoms with E-state index in [1.54, 1.807) is 0 Å². The van der Waals surface area contributed by atoms with Crippen molar-refractivity contribution < 1.29 is 0 Å². The lowest BCUT2D eigenvalue weighted by Crippen LogP contribution is -2.52. The number of rotatable bonds is 5. The van der Waals surface area contributed by atoms with E-state index in [2.05, 4.69) is 57.0 Å². The van der Waals surface area contributed by atoms with E-state index in [-0.39, 0.29) is 6.04 Å². The fourth-order valence-electron chi connectivity index (χ4n) is 3.19. The number of hydrogen-bond acceptors (Lipinski definition) is 6. The highest BCUT2D eigenvalue weighted by Gasteiger charge is 2.28. The lowest BCUT2D eigenvalue weighted by atomic mass is 10.1. The Morgan fingerprint density at radius 1 is 1.08 bits per heavy atom. The van der Waals surface area contributed by atoms with E-state index >= 15 is 0 Å². The Labute approximate surface area is 149 Å². The summed E-state index contributed by atoms with van der Waals surface area (Å²) in [4.78, 5) is 8.99. The Morgan fingerprint density at radius 3 is 2.52 bits per heavy atom. The van der Waals surface area contributed by atoms with Crippen molar-refractivity contribution in [2.45, 2.75) is 39.3 Å². The molecule has 25 heavy (non-hydrogen) atoms. The molecule has 0 saturated carbocycles. The van der Waals surface area contributed by atoms with E-state index in [0.29, 0.717) is 12.5 Å². The first kappa shape index (κ1) is 17.3. The van der Waals surface area contributed by atoms with Gasteiger partial charge in [-0.25, -0.2) is 4.98 Å². The molecule has 1 unspecified atom stereocenters. The quantitative estimate of drug-likeness (QED) is 0.834. The highest BCUT2D eigenvalue weighted by atomic mass is 15.4.